The highest BCUT2D eigenvalue weighted by Gasteiger charge is 2.11. The van der Waals surface area contributed by atoms with Gasteiger partial charge in [-0.15, -0.1) is 0 Å². The van der Waals surface area contributed by atoms with Gasteiger partial charge in [-0.1, -0.05) is 41.9 Å². The maximum atomic E-state index is 12.3. The molecule has 0 fully saturated rings. The van der Waals surface area contributed by atoms with Gasteiger partial charge in [0.25, 0.3) is 5.91 Å². The van der Waals surface area contributed by atoms with Gasteiger partial charge in [0.2, 0.25) is 0 Å². The Bertz CT molecular complexity index is 1030. The van der Waals surface area contributed by atoms with E-state index in [1.807, 2.05) is 19.1 Å². The molecule has 6 heteroatoms. The second kappa shape index (κ2) is 8.97. The lowest BCUT2D eigenvalue weighted by molar-refractivity contribution is 0.0734. The zero-order valence-corrected chi connectivity index (χ0v) is 15.8. The quantitative estimate of drug-likeness (QED) is 0.298. The third kappa shape index (κ3) is 4.84. The van der Waals surface area contributed by atoms with Gasteiger partial charge in [0.05, 0.1) is 11.8 Å². The minimum Gasteiger partial charge on any atom is -0.422 e. The van der Waals surface area contributed by atoms with E-state index in [9.17, 15) is 9.59 Å². The van der Waals surface area contributed by atoms with Crippen LogP contribution in [0.5, 0.6) is 5.75 Å². The molecular formula is C22H17ClN2O3. The summed E-state index contributed by atoms with van der Waals surface area (Å²) in [7, 11) is 0. The Hall–Kier alpha value is -3.44. The van der Waals surface area contributed by atoms with Crippen LogP contribution in [0.2, 0.25) is 5.02 Å². The van der Waals surface area contributed by atoms with Gasteiger partial charge in [-0.25, -0.2) is 10.2 Å². The Morgan fingerprint density at radius 3 is 2.39 bits per heavy atom. The van der Waals surface area contributed by atoms with E-state index < -0.39 is 5.97 Å². The molecular weight excluding hydrogens is 376 g/mol. The fraction of sp³-hybridized carbons (Fsp3) is 0.0455. The number of esters is 1. The van der Waals surface area contributed by atoms with Crippen LogP contribution in [0.1, 0.15) is 31.8 Å². The standard InChI is InChI=1S/C22H17ClN2O3/c1-15-6-2-4-8-19(15)21(26)25-24-14-17-7-3-5-9-20(17)28-22(27)16-10-12-18(23)13-11-16/h2-14H,1H3,(H,25,26). The monoisotopic (exact) mass is 392 g/mol. The smallest absolute Gasteiger partial charge is 0.343 e. The minimum atomic E-state index is -0.513. The summed E-state index contributed by atoms with van der Waals surface area (Å²) in [5.41, 5.74) is 4.81. The van der Waals surface area contributed by atoms with Crippen LogP contribution in [0.4, 0.5) is 0 Å². The van der Waals surface area contributed by atoms with E-state index in [0.29, 0.717) is 27.5 Å². The molecule has 140 valence electrons. The Labute approximate surface area is 167 Å². The zero-order chi connectivity index (χ0) is 19.9. The average molecular weight is 393 g/mol. The number of aryl methyl sites for hydroxylation is 1. The SMILES string of the molecule is Cc1ccccc1C(=O)NN=Cc1ccccc1OC(=O)c1ccc(Cl)cc1. The summed E-state index contributed by atoms with van der Waals surface area (Å²) in [4.78, 5) is 24.5. The first-order chi connectivity index (χ1) is 13.5. The zero-order valence-electron chi connectivity index (χ0n) is 15.1. The summed E-state index contributed by atoms with van der Waals surface area (Å²) in [5, 5.41) is 4.51. The number of hydrazone groups is 1. The number of ether oxygens (including phenoxy) is 1. The van der Waals surface area contributed by atoms with E-state index in [2.05, 4.69) is 10.5 Å². The average Bonchev–Trinajstić information content (AvgIpc) is 2.70. The van der Waals surface area contributed by atoms with Crippen LogP contribution in [0.25, 0.3) is 0 Å². The van der Waals surface area contributed by atoms with Gasteiger partial charge in [0.15, 0.2) is 0 Å². The summed E-state index contributed by atoms with van der Waals surface area (Å²) in [6.45, 7) is 1.85. The second-order valence-corrected chi connectivity index (χ2v) is 6.38. The molecule has 0 saturated carbocycles. The first-order valence-electron chi connectivity index (χ1n) is 8.50. The molecule has 0 bridgehead atoms. The fourth-order valence-corrected chi connectivity index (χ4v) is 2.60. The number of carbonyl (C=O) groups excluding carboxylic acids is 2. The van der Waals surface area contributed by atoms with Gasteiger partial charge in [0.1, 0.15) is 5.75 Å². The predicted molar refractivity (Wildman–Crippen MR) is 109 cm³/mol. The molecule has 0 spiro atoms. The minimum absolute atomic E-state index is 0.315. The van der Waals surface area contributed by atoms with Crippen molar-refractivity contribution in [2.75, 3.05) is 0 Å². The molecule has 0 heterocycles. The molecule has 0 aromatic heterocycles. The van der Waals surface area contributed by atoms with E-state index in [-0.39, 0.29) is 5.91 Å². The maximum absolute atomic E-state index is 12.3. The lowest BCUT2D eigenvalue weighted by Crippen LogP contribution is -2.18. The van der Waals surface area contributed by atoms with Gasteiger partial charge in [-0.2, -0.15) is 5.10 Å². The molecule has 0 radical (unpaired) electrons. The third-order valence-corrected chi connectivity index (χ3v) is 4.21. The summed E-state index contributed by atoms with van der Waals surface area (Å²) < 4.78 is 5.45. The number of amides is 1. The van der Waals surface area contributed by atoms with Crippen molar-refractivity contribution < 1.29 is 14.3 Å². The number of nitrogens with zero attached hydrogens (tertiary/aromatic N) is 1. The van der Waals surface area contributed by atoms with E-state index >= 15 is 0 Å². The molecule has 0 aliphatic rings. The van der Waals surface area contributed by atoms with Crippen molar-refractivity contribution in [3.63, 3.8) is 0 Å². The molecule has 0 aliphatic carbocycles. The summed E-state index contributed by atoms with van der Waals surface area (Å²) in [6, 6.07) is 20.5. The Morgan fingerprint density at radius 1 is 0.964 bits per heavy atom. The second-order valence-electron chi connectivity index (χ2n) is 5.95. The van der Waals surface area contributed by atoms with Crippen molar-refractivity contribution in [1.82, 2.24) is 5.43 Å². The van der Waals surface area contributed by atoms with E-state index in [0.717, 1.165) is 5.56 Å². The molecule has 28 heavy (non-hydrogen) atoms. The molecule has 0 aliphatic heterocycles. The van der Waals surface area contributed by atoms with Crippen molar-refractivity contribution in [1.29, 1.82) is 0 Å². The molecule has 0 unspecified atom stereocenters. The molecule has 0 atom stereocenters. The van der Waals surface area contributed by atoms with Gasteiger partial charge in [-0.05, 0) is 55.0 Å². The van der Waals surface area contributed by atoms with Crippen LogP contribution in [0.15, 0.2) is 77.9 Å². The van der Waals surface area contributed by atoms with Crippen LogP contribution in [0, 0.1) is 6.92 Å². The van der Waals surface area contributed by atoms with Crippen LogP contribution in [0.3, 0.4) is 0 Å². The number of benzene rings is 3. The van der Waals surface area contributed by atoms with Crippen molar-refractivity contribution >= 4 is 29.7 Å². The lowest BCUT2D eigenvalue weighted by Gasteiger charge is -2.07. The number of nitrogens with one attached hydrogen (secondary N) is 1. The van der Waals surface area contributed by atoms with E-state index in [1.165, 1.54) is 6.21 Å². The topological polar surface area (TPSA) is 67.8 Å². The van der Waals surface area contributed by atoms with Gasteiger partial charge >= 0.3 is 5.97 Å². The van der Waals surface area contributed by atoms with Gasteiger partial charge in [-0.3, -0.25) is 4.79 Å². The number of para-hydroxylation sites is 1. The highest BCUT2D eigenvalue weighted by atomic mass is 35.5. The Balaban J connectivity index is 1.70. The van der Waals surface area contributed by atoms with Crippen molar-refractivity contribution in [3.05, 3.63) is 100 Å². The fourth-order valence-electron chi connectivity index (χ4n) is 2.47. The van der Waals surface area contributed by atoms with Crippen molar-refractivity contribution in [2.45, 2.75) is 6.92 Å². The first kappa shape index (κ1) is 19.3. The maximum Gasteiger partial charge on any atom is 0.343 e. The normalized spacial score (nSPS) is 10.6. The molecule has 5 nitrogen and oxygen atoms in total. The number of hydrogen-bond acceptors (Lipinski definition) is 4. The summed E-state index contributed by atoms with van der Waals surface area (Å²) >= 11 is 5.83. The van der Waals surface area contributed by atoms with Crippen LogP contribution in [-0.2, 0) is 0 Å². The van der Waals surface area contributed by atoms with Crippen molar-refractivity contribution in [2.24, 2.45) is 5.10 Å². The van der Waals surface area contributed by atoms with Crippen LogP contribution in [-0.4, -0.2) is 18.1 Å². The largest absolute Gasteiger partial charge is 0.422 e. The first-order valence-corrected chi connectivity index (χ1v) is 8.88. The summed E-state index contributed by atoms with van der Waals surface area (Å²) in [6.07, 6.45) is 1.43. The highest BCUT2D eigenvalue weighted by Crippen LogP contribution is 2.18. The lowest BCUT2D eigenvalue weighted by atomic mass is 10.1. The van der Waals surface area contributed by atoms with Crippen LogP contribution >= 0.6 is 11.6 Å². The van der Waals surface area contributed by atoms with Crippen molar-refractivity contribution in [3.8, 4) is 5.75 Å². The van der Waals surface area contributed by atoms with E-state index in [4.69, 9.17) is 16.3 Å². The van der Waals surface area contributed by atoms with Gasteiger partial charge < -0.3 is 4.74 Å². The number of hydrogen-bond donors (Lipinski definition) is 1. The molecule has 1 amide bonds. The highest BCUT2D eigenvalue weighted by molar-refractivity contribution is 6.30. The molecule has 1 N–H and O–H groups in total. The van der Waals surface area contributed by atoms with Crippen LogP contribution < -0.4 is 10.2 Å². The molecule has 0 saturated heterocycles. The van der Waals surface area contributed by atoms with E-state index in [1.54, 1.807) is 60.7 Å². The predicted octanol–water partition coefficient (Wildman–Crippen LogP) is 4.63. The Kier molecular flexibility index (Phi) is 6.19. The molecule has 3 aromatic rings. The number of halogens is 1. The number of rotatable bonds is 5. The summed E-state index contributed by atoms with van der Waals surface area (Å²) in [5.74, 6) is -0.497. The Morgan fingerprint density at radius 2 is 1.64 bits per heavy atom. The number of carbonyl (C=O) groups is 2. The van der Waals surface area contributed by atoms with Gasteiger partial charge in [0, 0.05) is 16.1 Å². The third-order valence-electron chi connectivity index (χ3n) is 3.96. The molecule has 3 aromatic carbocycles. The molecule has 3 rings (SSSR count).